The minimum Gasteiger partial charge on any atom is -0.497 e. The monoisotopic (exact) mass is 586 g/mol. The van der Waals surface area contributed by atoms with Crippen molar-refractivity contribution in [2.24, 2.45) is 0 Å². The Bertz CT molecular complexity index is 1360. The Morgan fingerprint density at radius 3 is 2.27 bits per heavy atom. The van der Waals surface area contributed by atoms with Crippen LogP contribution in [-0.2, 0) is 19.6 Å². The molecule has 0 radical (unpaired) electrons. The number of amides is 2. The summed E-state index contributed by atoms with van der Waals surface area (Å²) in [7, 11) is -0.568. The van der Waals surface area contributed by atoms with Gasteiger partial charge in [0.2, 0.25) is 10.0 Å². The number of hydrogen-bond donors (Lipinski definition) is 1. The number of urea groups is 1. The van der Waals surface area contributed by atoms with E-state index in [1.165, 1.54) is 18.5 Å². The predicted molar refractivity (Wildman–Crippen MR) is 153 cm³/mol. The normalized spacial score (nSPS) is 19.0. The molecule has 1 fully saturated rings. The maximum atomic E-state index is 13.5. The molecule has 11 nitrogen and oxygen atoms in total. The van der Waals surface area contributed by atoms with Crippen LogP contribution in [-0.4, -0.2) is 94.6 Å². The lowest BCUT2D eigenvalue weighted by atomic mass is 9.93. The number of methoxy groups -OCH3 is 2. The van der Waals surface area contributed by atoms with Crippen LogP contribution in [0.1, 0.15) is 31.9 Å². The summed E-state index contributed by atoms with van der Waals surface area (Å²) in [6.45, 7) is 6.04. The molecule has 0 spiro atoms. The number of rotatable bonds is 10. The third-order valence-electron chi connectivity index (χ3n) is 7.26. The molecule has 12 heteroatoms. The highest BCUT2D eigenvalue weighted by molar-refractivity contribution is 7.89. The molecule has 2 aliphatic heterocycles. The summed E-state index contributed by atoms with van der Waals surface area (Å²) >= 11 is 0. The molecule has 2 aliphatic rings. The topological polar surface area (TPSA) is 118 Å². The first-order valence-corrected chi connectivity index (χ1v) is 15.2. The van der Waals surface area contributed by atoms with Gasteiger partial charge in [-0.05, 0) is 56.6 Å². The van der Waals surface area contributed by atoms with Gasteiger partial charge in [-0.15, -0.1) is 0 Å². The maximum absolute atomic E-state index is 13.5. The van der Waals surface area contributed by atoms with Gasteiger partial charge < -0.3 is 19.5 Å². The summed E-state index contributed by atoms with van der Waals surface area (Å²) in [5, 5.41) is 2.96. The lowest BCUT2D eigenvalue weighted by Gasteiger charge is -2.38. The molecule has 2 heterocycles. The van der Waals surface area contributed by atoms with Crippen LogP contribution in [0.15, 0.2) is 64.7 Å². The van der Waals surface area contributed by atoms with Gasteiger partial charge in [0.05, 0.1) is 37.3 Å². The second-order valence-corrected chi connectivity index (χ2v) is 11.6. The molecule has 0 aliphatic carbocycles. The number of benzene rings is 2. The summed E-state index contributed by atoms with van der Waals surface area (Å²) in [4.78, 5) is 30.7. The van der Waals surface area contributed by atoms with Crippen LogP contribution in [0, 0.1) is 0 Å². The number of ether oxygens (including phenoxy) is 3. The molecule has 41 heavy (non-hydrogen) atoms. The zero-order valence-electron chi connectivity index (χ0n) is 24.0. The van der Waals surface area contributed by atoms with E-state index in [9.17, 15) is 18.0 Å². The Hall–Kier alpha value is -3.61. The molecule has 222 valence electrons. The van der Waals surface area contributed by atoms with Crippen molar-refractivity contribution in [1.29, 1.82) is 0 Å². The Balaban J connectivity index is 1.69. The number of carbonyl (C=O) groups excluding carboxylic acids is 2. The number of nitrogens with one attached hydrogen (secondary N) is 1. The van der Waals surface area contributed by atoms with Crippen LogP contribution >= 0.6 is 0 Å². The molecule has 0 aromatic heterocycles. The van der Waals surface area contributed by atoms with Crippen molar-refractivity contribution in [3.63, 3.8) is 0 Å². The predicted octanol–water partition coefficient (Wildman–Crippen LogP) is 3.00. The average Bonchev–Trinajstić information content (AvgIpc) is 3.23. The van der Waals surface area contributed by atoms with Crippen molar-refractivity contribution in [2.75, 3.05) is 60.1 Å². The van der Waals surface area contributed by atoms with E-state index in [1.54, 1.807) is 60.4 Å². The molecule has 2 aromatic rings. The van der Waals surface area contributed by atoms with Crippen LogP contribution < -0.4 is 14.8 Å². The van der Waals surface area contributed by atoms with Crippen molar-refractivity contribution in [1.82, 2.24) is 19.4 Å². The van der Waals surface area contributed by atoms with E-state index in [-0.39, 0.29) is 30.6 Å². The first kappa shape index (κ1) is 30.4. The highest BCUT2D eigenvalue weighted by atomic mass is 32.2. The van der Waals surface area contributed by atoms with E-state index < -0.39 is 22.0 Å². The fraction of sp³-hybridized carbons (Fsp3) is 0.448. The molecule has 2 aromatic carbocycles. The van der Waals surface area contributed by atoms with E-state index in [0.29, 0.717) is 60.9 Å². The quantitative estimate of drug-likeness (QED) is 0.423. The van der Waals surface area contributed by atoms with Gasteiger partial charge in [-0.3, -0.25) is 9.80 Å². The first-order chi connectivity index (χ1) is 19.7. The van der Waals surface area contributed by atoms with Gasteiger partial charge in [-0.2, -0.15) is 4.31 Å². The van der Waals surface area contributed by atoms with Crippen LogP contribution in [0.3, 0.4) is 0 Å². The first-order valence-electron chi connectivity index (χ1n) is 13.7. The number of nitrogens with zero attached hydrogens (tertiary/aromatic N) is 3. The third kappa shape index (κ3) is 6.66. The van der Waals surface area contributed by atoms with Gasteiger partial charge >= 0.3 is 12.0 Å². The largest absolute Gasteiger partial charge is 0.497 e. The lowest BCUT2D eigenvalue weighted by Crippen LogP contribution is -2.51. The Kier molecular flexibility index (Phi) is 9.90. The number of sulfonamides is 1. The lowest BCUT2D eigenvalue weighted by molar-refractivity contribution is -0.139. The van der Waals surface area contributed by atoms with Gasteiger partial charge in [0, 0.05) is 44.5 Å². The standard InChI is InChI=1S/C29H38N4O7S/c1-5-33-25(20-31-13-10-14-32(16-15-31)41(36,37)24-11-8-7-9-12-24)26(28(34)40-6-2)27(30-29(33)35)21-17-22(38-3)19-23(18-21)39-4/h7-9,11-12,17-19,27H,5-6,10,13-16,20H2,1-4H3,(H,30,35). The third-order valence-corrected chi connectivity index (χ3v) is 9.17. The second kappa shape index (κ2) is 13.4. The molecule has 0 saturated carbocycles. The van der Waals surface area contributed by atoms with E-state index in [2.05, 4.69) is 10.2 Å². The maximum Gasteiger partial charge on any atom is 0.338 e. The number of esters is 1. The Morgan fingerprint density at radius 2 is 1.66 bits per heavy atom. The number of hydrogen-bond acceptors (Lipinski definition) is 8. The molecule has 2 amide bonds. The molecule has 1 atom stereocenters. The second-order valence-electron chi connectivity index (χ2n) is 9.70. The molecule has 1 N–H and O–H groups in total. The molecule has 1 unspecified atom stereocenters. The van der Waals surface area contributed by atoms with Crippen LogP contribution in [0.5, 0.6) is 11.5 Å². The van der Waals surface area contributed by atoms with Gasteiger partial charge in [-0.1, -0.05) is 18.2 Å². The minimum absolute atomic E-state index is 0.167. The van der Waals surface area contributed by atoms with Crippen LogP contribution in [0.4, 0.5) is 4.79 Å². The number of likely N-dealkylation sites (N-methyl/N-ethyl adjacent to an activating group) is 1. The zero-order valence-corrected chi connectivity index (χ0v) is 24.8. The Morgan fingerprint density at radius 1 is 0.976 bits per heavy atom. The fourth-order valence-electron chi connectivity index (χ4n) is 5.20. The zero-order chi connectivity index (χ0) is 29.6. The van der Waals surface area contributed by atoms with Crippen molar-refractivity contribution in [3.8, 4) is 11.5 Å². The smallest absolute Gasteiger partial charge is 0.338 e. The minimum atomic E-state index is -3.63. The van der Waals surface area contributed by atoms with Crippen LogP contribution in [0.25, 0.3) is 0 Å². The van der Waals surface area contributed by atoms with Crippen molar-refractivity contribution in [2.45, 2.75) is 31.2 Å². The number of carbonyl (C=O) groups is 2. The SMILES string of the molecule is CCOC(=O)C1=C(CN2CCCN(S(=O)(=O)c3ccccc3)CC2)N(CC)C(=O)NC1c1cc(OC)cc(OC)c1. The van der Waals surface area contributed by atoms with E-state index in [0.717, 1.165) is 0 Å². The van der Waals surface area contributed by atoms with Crippen LogP contribution in [0.2, 0.25) is 0 Å². The van der Waals surface area contributed by atoms with Crippen molar-refractivity contribution in [3.05, 3.63) is 65.4 Å². The van der Waals surface area contributed by atoms with Crippen molar-refractivity contribution >= 4 is 22.0 Å². The van der Waals surface area contributed by atoms with Gasteiger partial charge in [0.15, 0.2) is 0 Å². The molecular weight excluding hydrogens is 548 g/mol. The highest BCUT2D eigenvalue weighted by Crippen LogP contribution is 2.35. The summed E-state index contributed by atoms with van der Waals surface area (Å²) in [6, 6.07) is 12.5. The molecule has 4 rings (SSSR count). The van der Waals surface area contributed by atoms with Crippen molar-refractivity contribution < 1.29 is 32.2 Å². The highest BCUT2D eigenvalue weighted by Gasteiger charge is 2.39. The van der Waals surface area contributed by atoms with E-state index in [1.807, 2.05) is 6.92 Å². The Labute approximate surface area is 241 Å². The summed E-state index contributed by atoms with van der Waals surface area (Å²) in [6.07, 6.45) is 0.600. The van der Waals surface area contributed by atoms with E-state index >= 15 is 0 Å². The summed E-state index contributed by atoms with van der Waals surface area (Å²) < 4.78 is 44.4. The van der Waals surface area contributed by atoms with E-state index in [4.69, 9.17) is 14.2 Å². The van der Waals surface area contributed by atoms with Gasteiger partial charge in [0.1, 0.15) is 11.5 Å². The van der Waals surface area contributed by atoms with Gasteiger partial charge in [-0.25, -0.2) is 18.0 Å². The average molecular weight is 587 g/mol. The van der Waals surface area contributed by atoms with Gasteiger partial charge in [0.25, 0.3) is 0 Å². The molecule has 0 bridgehead atoms. The summed E-state index contributed by atoms with van der Waals surface area (Å²) in [5.41, 5.74) is 1.46. The molecular formula is C29H38N4O7S. The summed E-state index contributed by atoms with van der Waals surface area (Å²) in [5.74, 6) is 0.503. The molecule has 1 saturated heterocycles. The fourth-order valence-corrected chi connectivity index (χ4v) is 6.69.